The lowest BCUT2D eigenvalue weighted by Crippen LogP contribution is -1.90. The number of anilines is 1. The summed E-state index contributed by atoms with van der Waals surface area (Å²) in [6.45, 7) is 1.92. The van der Waals surface area contributed by atoms with Gasteiger partial charge in [0.2, 0.25) is 0 Å². The number of halogens is 1. The van der Waals surface area contributed by atoms with Crippen LogP contribution < -0.4 is 5.73 Å². The zero-order valence-corrected chi connectivity index (χ0v) is 11.6. The summed E-state index contributed by atoms with van der Waals surface area (Å²) in [6, 6.07) is 11.2. The van der Waals surface area contributed by atoms with Crippen molar-refractivity contribution in [1.29, 1.82) is 0 Å². The Morgan fingerprint density at radius 1 is 1.15 bits per heavy atom. The lowest BCUT2D eigenvalue weighted by molar-refractivity contribution is 0.435. The van der Waals surface area contributed by atoms with E-state index >= 15 is 0 Å². The van der Waals surface area contributed by atoms with Crippen molar-refractivity contribution in [2.45, 2.75) is 6.92 Å². The number of aromatic nitrogens is 2. The van der Waals surface area contributed by atoms with E-state index < -0.39 is 0 Å². The molecule has 5 heteroatoms. The Labute approximate surface area is 121 Å². The number of nitrogen functional groups attached to an aromatic ring is 1. The highest BCUT2D eigenvalue weighted by Gasteiger charge is 2.19. The maximum atomic E-state index is 5.94. The first-order valence-corrected chi connectivity index (χ1v) is 6.47. The van der Waals surface area contributed by atoms with Gasteiger partial charge in [-0.2, -0.15) is 0 Å². The molecule has 3 aromatic rings. The van der Waals surface area contributed by atoms with Gasteiger partial charge in [0.1, 0.15) is 0 Å². The number of nitrogens with zero attached hydrogens (tertiary/aromatic N) is 2. The van der Waals surface area contributed by atoms with Crippen molar-refractivity contribution in [3.63, 3.8) is 0 Å². The smallest absolute Gasteiger partial charge is 0.178 e. The van der Waals surface area contributed by atoms with Crippen LogP contribution in [0.5, 0.6) is 0 Å². The van der Waals surface area contributed by atoms with Crippen LogP contribution >= 0.6 is 11.6 Å². The third-order valence-corrected chi connectivity index (χ3v) is 3.35. The lowest BCUT2D eigenvalue weighted by Gasteiger charge is -2.05. The van der Waals surface area contributed by atoms with Crippen LogP contribution in [0.3, 0.4) is 0 Å². The van der Waals surface area contributed by atoms with Crippen LogP contribution in [0, 0.1) is 6.92 Å². The van der Waals surface area contributed by atoms with Gasteiger partial charge in [0.05, 0.1) is 5.56 Å². The largest absolute Gasteiger partial charge is 0.380 e. The molecule has 2 aromatic heterocycles. The Kier molecular flexibility index (Phi) is 3.16. The van der Waals surface area contributed by atoms with Gasteiger partial charge in [-0.15, -0.1) is 0 Å². The summed E-state index contributed by atoms with van der Waals surface area (Å²) in [7, 11) is 0. The number of nitrogens with two attached hydrogens (primary N) is 1. The molecule has 0 aliphatic heterocycles. The molecule has 0 saturated heterocycles. The van der Waals surface area contributed by atoms with Crippen LogP contribution in [0.1, 0.15) is 5.69 Å². The highest BCUT2D eigenvalue weighted by Crippen LogP contribution is 2.37. The number of hydrogen-bond acceptors (Lipinski definition) is 4. The van der Waals surface area contributed by atoms with E-state index in [0.29, 0.717) is 16.6 Å². The molecule has 0 radical (unpaired) electrons. The first-order chi connectivity index (χ1) is 9.66. The molecule has 0 spiro atoms. The fourth-order valence-electron chi connectivity index (χ4n) is 2.11. The van der Waals surface area contributed by atoms with Crippen LogP contribution in [0.25, 0.3) is 22.5 Å². The molecule has 0 atom stereocenters. The Morgan fingerprint density at radius 3 is 2.60 bits per heavy atom. The second-order valence-electron chi connectivity index (χ2n) is 4.42. The van der Waals surface area contributed by atoms with Crippen LogP contribution in [0.2, 0.25) is 5.02 Å². The Bertz CT molecular complexity index is 750. The minimum absolute atomic E-state index is 0.352. The predicted octanol–water partition coefficient (Wildman–Crippen LogP) is 3.95. The van der Waals surface area contributed by atoms with Crippen LogP contribution in [-0.4, -0.2) is 10.1 Å². The van der Waals surface area contributed by atoms with Gasteiger partial charge >= 0.3 is 0 Å². The minimum atomic E-state index is 0.352. The summed E-state index contributed by atoms with van der Waals surface area (Å²) in [5, 5.41) is 4.54. The van der Waals surface area contributed by atoms with E-state index in [9.17, 15) is 0 Å². The molecule has 2 heterocycles. The van der Waals surface area contributed by atoms with Crippen molar-refractivity contribution in [1.82, 2.24) is 10.1 Å². The second-order valence-corrected chi connectivity index (χ2v) is 4.85. The van der Waals surface area contributed by atoms with Crippen molar-refractivity contribution in [3.8, 4) is 22.5 Å². The fourth-order valence-corrected chi connectivity index (χ4v) is 2.23. The zero-order valence-electron chi connectivity index (χ0n) is 10.8. The Balaban J connectivity index is 2.20. The average Bonchev–Trinajstić information content (AvgIpc) is 2.82. The van der Waals surface area contributed by atoms with E-state index in [2.05, 4.69) is 10.1 Å². The average molecular weight is 286 g/mol. The molecule has 0 amide bonds. The van der Waals surface area contributed by atoms with Crippen molar-refractivity contribution in [2.75, 3.05) is 5.73 Å². The monoisotopic (exact) mass is 285 g/mol. The fraction of sp³-hybridized carbons (Fsp3) is 0.0667. The van der Waals surface area contributed by atoms with Crippen molar-refractivity contribution >= 4 is 17.4 Å². The molecule has 2 N–H and O–H groups in total. The molecule has 0 aliphatic rings. The maximum absolute atomic E-state index is 5.94. The molecule has 1 aromatic carbocycles. The Hall–Kier alpha value is -2.33. The topological polar surface area (TPSA) is 64.9 Å². The normalized spacial score (nSPS) is 10.7. The van der Waals surface area contributed by atoms with Gasteiger partial charge < -0.3 is 10.3 Å². The van der Waals surface area contributed by atoms with E-state index in [1.54, 1.807) is 6.20 Å². The molecule has 0 bridgehead atoms. The van der Waals surface area contributed by atoms with Crippen molar-refractivity contribution in [2.24, 2.45) is 0 Å². The highest BCUT2D eigenvalue weighted by molar-refractivity contribution is 6.30. The number of aryl methyl sites for hydroxylation is 1. The molecule has 4 nitrogen and oxygen atoms in total. The van der Waals surface area contributed by atoms with Gasteiger partial charge in [0.15, 0.2) is 11.6 Å². The summed E-state index contributed by atoms with van der Waals surface area (Å²) in [5.41, 5.74) is 9.35. The first kappa shape index (κ1) is 12.7. The maximum Gasteiger partial charge on any atom is 0.178 e. The quantitative estimate of drug-likeness (QED) is 0.774. The van der Waals surface area contributed by atoms with Gasteiger partial charge in [-0.3, -0.25) is 4.98 Å². The summed E-state index contributed by atoms with van der Waals surface area (Å²) in [6.07, 6.45) is 1.74. The molecule has 0 saturated carbocycles. The summed E-state index contributed by atoms with van der Waals surface area (Å²) in [5.74, 6) is 0.973. The predicted molar refractivity (Wildman–Crippen MR) is 79.3 cm³/mol. The minimum Gasteiger partial charge on any atom is -0.380 e. The van der Waals surface area contributed by atoms with Gasteiger partial charge in [0.25, 0.3) is 0 Å². The number of benzene rings is 1. The third-order valence-electron chi connectivity index (χ3n) is 3.10. The molecule has 0 unspecified atom stereocenters. The first-order valence-electron chi connectivity index (χ1n) is 6.10. The van der Waals surface area contributed by atoms with Gasteiger partial charge in [0, 0.05) is 22.5 Å². The SMILES string of the molecule is Cc1ncccc1-c1onc(N)c1-c1ccc(Cl)cc1. The summed E-state index contributed by atoms with van der Waals surface area (Å²) < 4.78 is 5.40. The Morgan fingerprint density at radius 2 is 1.90 bits per heavy atom. The standard InChI is InChI=1S/C15H12ClN3O/c1-9-12(3-2-8-18-9)14-13(15(17)19-20-14)10-4-6-11(16)7-5-10/h2-8H,1H3,(H2,17,19). The molecule has 0 fully saturated rings. The van der Waals surface area contributed by atoms with E-state index in [1.807, 2.05) is 43.3 Å². The van der Waals surface area contributed by atoms with Crippen LogP contribution in [0.4, 0.5) is 5.82 Å². The molecule has 3 rings (SSSR count). The summed E-state index contributed by atoms with van der Waals surface area (Å²) >= 11 is 5.91. The van der Waals surface area contributed by atoms with Crippen molar-refractivity contribution < 1.29 is 4.52 Å². The molecular formula is C15H12ClN3O. The van der Waals surface area contributed by atoms with E-state index in [4.69, 9.17) is 21.9 Å². The molecule has 0 aliphatic carbocycles. The number of hydrogen-bond donors (Lipinski definition) is 1. The second kappa shape index (κ2) is 4.98. The van der Waals surface area contributed by atoms with E-state index in [0.717, 1.165) is 22.4 Å². The third kappa shape index (κ3) is 2.14. The van der Waals surface area contributed by atoms with Crippen LogP contribution in [-0.2, 0) is 0 Å². The van der Waals surface area contributed by atoms with Crippen LogP contribution in [0.15, 0.2) is 47.1 Å². The zero-order chi connectivity index (χ0) is 14.1. The molecule has 100 valence electrons. The van der Waals surface area contributed by atoms with Gasteiger partial charge in [-0.05, 0) is 36.8 Å². The molecule has 20 heavy (non-hydrogen) atoms. The van der Waals surface area contributed by atoms with Gasteiger partial charge in [-0.1, -0.05) is 28.9 Å². The summed E-state index contributed by atoms with van der Waals surface area (Å²) in [4.78, 5) is 4.26. The highest BCUT2D eigenvalue weighted by atomic mass is 35.5. The lowest BCUT2D eigenvalue weighted by atomic mass is 10.0. The van der Waals surface area contributed by atoms with Gasteiger partial charge in [-0.25, -0.2) is 0 Å². The molecular weight excluding hydrogens is 274 g/mol. The number of rotatable bonds is 2. The van der Waals surface area contributed by atoms with E-state index in [1.165, 1.54) is 0 Å². The number of pyridine rings is 1. The van der Waals surface area contributed by atoms with Crippen molar-refractivity contribution in [3.05, 3.63) is 53.3 Å². The van der Waals surface area contributed by atoms with E-state index in [-0.39, 0.29) is 0 Å².